The van der Waals surface area contributed by atoms with Gasteiger partial charge in [0, 0.05) is 18.6 Å². The Morgan fingerprint density at radius 1 is 1.12 bits per heavy atom. The van der Waals surface area contributed by atoms with Crippen LogP contribution in [-0.4, -0.2) is 42.0 Å². The van der Waals surface area contributed by atoms with Gasteiger partial charge in [-0.25, -0.2) is 0 Å². The van der Waals surface area contributed by atoms with Crippen molar-refractivity contribution in [3.8, 4) is 12.1 Å². The molecule has 2 N–H and O–H groups in total. The lowest BCUT2D eigenvalue weighted by Crippen LogP contribution is -2.45. The van der Waals surface area contributed by atoms with Gasteiger partial charge >= 0.3 is 0 Å². The highest BCUT2D eigenvalue weighted by Gasteiger charge is 2.29. The largest absolute Gasteiger partial charge is 0.381 e. The van der Waals surface area contributed by atoms with E-state index >= 15 is 0 Å². The third-order valence-electron chi connectivity index (χ3n) is 5.40. The number of amides is 1. The van der Waals surface area contributed by atoms with Crippen LogP contribution in [0.2, 0.25) is 0 Å². The maximum Gasteiger partial charge on any atom is 0.237 e. The topological polar surface area (TPSA) is 91.9 Å². The molecule has 0 aromatic heterocycles. The first-order valence-electron chi connectivity index (χ1n) is 9.39. The number of nitrogens with zero attached hydrogens (tertiary/aromatic N) is 3. The Hall–Kier alpha value is -2.57. The summed E-state index contributed by atoms with van der Waals surface area (Å²) in [6, 6.07) is 12.5. The molecule has 0 radical (unpaired) electrons. The van der Waals surface area contributed by atoms with E-state index in [1.165, 1.54) is 0 Å². The molecule has 1 aliphatic carbocycles. The zero-order valence-corrected chi connectivity index (χ0v) is 14.9. The summed E-state index contributed by atoms with van der Waals surface area (Å²) in [6.07, 6.45) is 5.74. The third-order valence-corrected chi connectivity index (χ3v) is 5.40. The van der Waals surface area contributed by atoms with Gasteiger partial charge in [0.2, 0.25) is 5.91 Å². The molecule has 1 heterocycles. The molecule has 1 amide bonds. The minimum atomic E-state index is -0.246. The van der Waals surface area contributed by atoms with Crippen molar-refractivity contribution in [1.29, 1.82) is 10.5 Å². The number of nitriles is 2. The third kappa shape index (κ3) is 4.33. The average Bonchev–Trinajstić information content (AvgIpc) is 3.16. The number of carbonyl (C=O) groups is 1. The molecule has 6 heteroatoms. The standard InChI is InChI=1S/C20H25N5O/c21-12-15-4-1-2-6-19(15)24-17-9-7-16(8-10-17)23-14-20(26)25-11-3-5-18(25)13-22/h1-2,4,6,16-18,23-24H,3,5,7-11,14H2/t16?,17?,18-/m0/s1. The predicted octanol–water partition coefficient (Wildman–Crippen LogP) is 2.39. The summed E-state index contributed by atoms with van der Waals surface area (Å²) in [5.41, 5.74) is 1.58. The number of para-hydroxylation sites is 1. The first-order valence-corrected chi connectivity index (χ1v) is 9.39. The SMILES string of the molecule is N#Cc1ccccc1NC1CCC(NCC(=O)N2CCC[C@H]2C#N)CC1. The fourth-order valence-corrected chi connectivity index (χ4v) is 3.90. The summed E-state index contributed by atoms with van der Waals surface area (Å²) in [5.74, 6) is 0.0391. The van der Waals surface area contributed by atoms with E-state index in [1.807, 2.05) is 24.3 Å². The van der Waals surface area contributed by atoms with Crippen LogP contribution in [0.1, 0.15) is 44.1 Å². The average molecular weight is 351 g/mol. The summed E-state index contributed by atoms with van der Waals surface area (Å²) in [7, 11) is 0. The fourth-order valence-electron chi connectivity index (χ4n) is 3.90. The number of hydrogen-bond donors (Lipinski definition) is 2. The smallest absolute Gasteiger partial charge is 0.237 e. The van der Waals surface area contributed by atoms with Crippen LogP contribution >= 0.6 is 0 Å². The number of hydrogen-bond acceptors (Lipinski definition) is 5. The number of carbonyl (C=O) groups excluding carboxylic acids is 1. The van der Waals surface area contributed by atoms with Crippen molar-refractivity contribution in [2.45, 2.75) is 56.7 Å². The highest BCUT2D eigenvalue weighted by Crippen LogP contribution is 2.24. The Morgan fingerprint density at radius 2 is 1.85 bits per heavy atom. The first-order chi connectivity index (χ1) is 12.7. The van der Waals surface area contributed by atoms with Crippen molar-refractivity contribution in [3.63, 3.8) is 0 Å². The quantitative estimate of drug-likeness (QED) is 0.850. The molecule has 26 heavy (non-hydrogen) atoms. The lowest BCUT2D eigenvalue weighted by atomic mass is 9.91. The minimum Gasteiger partial charge on any atom is -0.381 e. The maximum absolute atomic E-state index is 12.3. The van der Waals surface area contributed by atoms with Gasteiger partial charge in [-0.15, -0.1) is 0 Å². The summed E-state index contributed by atoms with van der Waals surface area (Å²) in [6.45, 7) is 1.02. The number of rotatable bonds is 5. The number of anilines is 1. The number of benzene rings is 1. The van der Waals surface area contributed by atoms with Gasteiger partial charge in [-0.2, -0.15) is 10.5 Å². The first kappa shape index (κ1) is 18.2. The molecule has 1 atom stereocenters. The van der Waals surface area contributed by atoms with Crippen LogP contribution < -0.4 is 10.6 Å². The van der Waals surface area contributed by atoms with Crippen LogP contribution in [0.5, 0.6) is 0 Å². The summed E-state index contributed by atoms with van der Waals surface area (Å²) in [5, 5.41) is 25.1. The Bertz CT molecular complexity index is 712. The molecular weight excluding hydrogens is 326 g/mol. The van der Waals surface area contributed by atoms with Gasteiger partial charge in [-0.3, -0.25) is 4.79 Å². The lowest BCUT2D eigenvalue weighted by molar-refractivity contribution is -0.130. The van der Waals surface area contributed by atoms with Crippen LogP contribution in [0.25, 0.3) is 0 Å². The van der Waals surface area contributed by atoms with Gasteiger partial charge < -0.3 is 15.5 Å². The second kappa shape index (κ2) is 8.69. The van der Waals surface area contributed by atoms with Crippen molar-refractivity contribution in [1.82, 2.24) is 10.2 Å². The summed E-state index contributed by atoms with van der Waals surface area (Å²) < 4.78 is 0. The molecule has 2 aliphatic rings. The molecule has 0 spiro atoms. The van der Waals surface area contributed by atoms with Crippen LogP contribution in [0.3, 0.4) is 0 Å². The van der Waals surface area contributed by atoms with Crippen molar-refractivity contribution in [3.05, 3.63) is 29.8 Å². The van der Waals surface area contributed by atoms with E-state index in [-0.39, 0.29) is 11.9 Å². The van der Waals surface area contributed by atoms with Gasteiger partial charge in [0.1, 0.15) is 12.1 Å². The van der Waals surface area contributed by atoms with Crippen molar-refractivity contribution >= 4 is 11.6 Å². The summed E-state index contributed by atoms with van der Waals surface area (Å²) in [4.78, 5) is 14.0. The van der Waals surface area contributed by atoms with Crippen LogP contribution in [0, 0.1) is 22.7 Å². The highest BCUT2D eigenvalue weighted by atomic mass is 16.2. The number of likely N-dealkylation sites (tertiary alicyclic amines) is 1. The van der Waals surface area contributed by atoms with E-state index in [4.69, 9.17) is 5.26 Å². The molecule has 1 aromatic carbocycles. The van der Waals surface area contributed by atoms with E-state index < -0.39 is 0 Å². The van der Waals surface area contributed by atoms with Crippen LogP contribution in [-0.2, 0) is 4.79 Å². The molecule has 1 aromatic rings. The second-order valence-corrected chi connectivity index (χ2v) is 7.11. The van der Waals surface area contributed by atoms with Gasteiger partial charge in [0.05, 0.1) is 23.9 Å². The Balaban J connectivity index is 1.42. The molecule has 0 unspecified atom stereocenters. The van der Waals surface area contributed by atoms with E-state index in [2.05, 4.69) is 22.8 Å². The van der Waals surface area contributed by atoms with E-state index in [9.17, 15) is 10.1 Å². The maximum atomic E-state index is 12.3. The van der Waals surface area contributed by atoms with Gasteiger partial charge in [0.15, 0.2) is 0 Å². The Morgan fingerprint density at radius 3 is 2.58 bits per heavy atom. The monoisotopic (exact) mass is 351 g/mol. The predicted molar refractivity (Wildman–Crippen MR) is 99.2 cm³/mol. The lowest BCUT2D eigenvalue weighted by Gasteiger charge is -2.31. The zero-order valence-electron chi connectivity index (χ0n) is 14.9. The molecule has 1 saturated heterocycles. The molecule has 3 rings (SSSR count). The Labute approximate surface area is 154 Å². The van der Waals surface area contributed by atoms with Gasteiger partial charge in [-0.05, 0) is 50.7 Å². The normalized spacial score (nSPS) is 25.3. The van der Waals surface area contributed by atoms with E-state index in [1.54, 1.807) is 4.90 Å². The minimum absolute atomic E-state index is 0.0391. The second-order valence-electron chi connectivity index (χ2n) is 7.11. The van der Waals surface area contributed by atoms with Crippen molar-refractivity contribution in [2.24, 2.45) is 0 Å². The van der Waals surface area contributed by atoms with Crippen molar-refractivity contribution < 1.29 is 4.79 Å². The Kier molecular flexibility index (Phi) is 6.09. The zero-order chi connectivity index (χ0) is 18.4. The molecule has 136 valence electrons. The molecule has 2 fully saturated rings. The highest BCUT2D eigenvalue weighted by molar-refractivity contribution is 5.79. The molecule has 0 bridgehead atoms. The van der Waals surface area contributed by atoms with Crippen molar-refractivity contribution in [2.75, 3.05) is 18.4 Å². The summed E-state index contributed by atoms with van der Waals surface area (Å²) >= 11 is 0. The van der Waals surface area contributed by atoms with E-state index in [0.717, 1.165) is 44.2 Å². The molecular formula is C20H25N5O. The molecule has 6 nitrogen and oxygen atoms in total. The fraction of sp³-hybridized carbons (Fsp3) is 0.550. The molecule has 1 aliphatic heterocycles. The van der Waals surface area contributed by atoms with Crippen LogP contribution in [0.15, 0.2) is 24.3 Å². The van der Waals surface area contributed by atoms with Gasteiger partial charge in [-0.1, -0.05) is 12.1 Å². The molecule has 1 saturated carbocycles. The van der Waals surface area contributed by atoms with Gasteiger partial charge in [0.25, 0.3) is 0 Å². The van der Waals surface area contributed by atoms with Crippen LogP contribution in [0.4, 0.5) is 5.69 Å². The van der Waals surface area contributed by atoms with E-state index in [0.29, 0.717) is 30.7 Å². The number of nitrogens with one attached hydrogen (secondary N) is 2.